The second-order valence-electron chi connectivity index (χ2n) is 0.531. The Morgan fingerprint density at radius 3 is 1.86 bits per heavy atom. The molecule has 0 aliphatic carbocycles. The van der Waals surface area contributed by atoms with Gasteiger partial charge < -0.3 is 0 Å². The molecule has 3 nitrogen and oxygen atoms in total. The zero-order valence-electron chi connectivity index (χ0n) is 3.21. The van der Waals surface area contributed by atoms with Gasteiger partial charge in [-0.3, -0.25) is 0 Å². The molecule has 0 bridgehead atoms. The van der Waals surface area contributed by atoms with E-state index in [2.05, 4.69) is 16.8 Å². The number of rotatable bonds is 0. The fraction of sp³-hybridized carbons (Fsp3) is 0. The molecule has 0 heterocycles. The molecule has 0 rings (SSSR count). The molecule has 0 radical (unpaired) electrons. The van der Waals surface area contributed by atoms with Crippen LogP contribution < -0.4 is 5.32 Å². The second-order valence-corrected chi connectivity index (χ2v) is 1.34. The molecule has 0 spiro atoms. The van der Waals surface area contributed by atoms with Crippen molar-refractivity contribution < 1.29 is 9.13 Å². The van der Waals surface area contributed by atoms with Gasteiger partial charge in [-0.05, 0) is 0 Å². The van der Waals surface area contributed by atoms with Crippen molar-refractivity contribution in [3.05, 3.63) is 0 Å². The van der Waals surface area contributed by atoms with Crippen LogP contribution in [-0.2, 0) is 9.13 Å². The Morgan fingerprint density at radius 2 is 1.57 bits per heavy atom. The Balaban J connectivity index is 3.62. The summed E-state index contributed by atoms with van der Waals surface area (Å²) in [5.41, 5.74) is 0. The maximum atomic E-state index is 9.46. The van der Waals surface area contributed by atoms with Crippen molar-refractivity contribution in [3.63, 3.8) is 0 Å². The summed E-state index contributed by atoms with van der Waals surface area (Å²) in [5.74, 6) is 4.20. The predicted octanol–water partition coefficient (Wildman–Crippen LogP) is 0.993. The van der Waals surface area contributed by atoms with Crippen molar-refractivity contribution in [1.82, 2.24) is 5.32 Å². The molecule has 7 heavy (non-hydrogen) atoms. The van der Waals surface area contributed by atoms with Gasteiger partial charge in [0.1, 0.15) is 0 Å². The Morgan fingerprint density at radius 1 is 1.14 bits per heavy atom. The third-order valence-electron chi connectivity index (χ3n) is 0.203. The first-order valence-electron chi connectivity index (χ1n) is 1.31. The van der Waals surface area contributed by atoms with E-state index in [9.17, 15) is 9.13 Å². The molecule has 0 aromatic heterocycles. The van der Waals surface area contributed by atoms with E-state index < -0.39 is 0 Å². The molecule has 5 heteroatoms. The predicted molar refractivity (Wildman–Crippen MR) is 26.1 cm³/mol. The molecular formula is C2HNO2P2. The summed E-state index contributed by atoms with van der Waals surface area (Å²) in [6.45, 7) is 0. The van der Waals surface area contributed by atoms with E-state index in [-0.39, 0.29) is 15.8 Å². The van der Waals surface area contributed by atoms with E-state index in [1.807, 2.05) is 0 Å². The van der Waals surface area contributed by atoms with Gasteiger partial charge in [-0.2, -0.15) is 0 Å². The van der Waals surface area contributed by atoms with Crippen molar-refractivity contribution in [2.24, 2.45) is 0 Å². The summed E-state index contributed by atoms with van der Waals surface area (Å²) in [6, 6.07) is 0. The molecule has 1 N–H and O–H groups in total. The third kappa shape index (κ3) is 5.98. The van der Waals surface area contributed by atoms with Gasteiger partial charge in [0.2, 0.25) is 0 Å². The van der Waals surface area contributed by atoms with E-state index in [4.69, 9.17) is 0 Å². The van der Waals surface area contributed by atoms with Crippen molar-refractivity contribution in [1.29, 1.82) is 0 Å². The van der Waals surface area contributed by atoms with E-state index in [0.717, 1.165) is 0 Å². The van der Waals surface area contributed by atoms with Crippen LogP contribution in [0.3, 0.4) is 0 Å². The average molecular weight is 133 g/mol. The molecule has 0 saturated carbocycles. The zero-order chi connectivity index (χ0) is 5.54. The molecular weight excluding hydrogens is 132 g/mol. The van der Waals surface area contributed by atoms with Gasteiger partial charge in [0.05, 0.1) is 0 Å². The van der Waals surface area contributed by atoms with Crippen molar-refractivity contribution in [3.8, 4) is 11.5 Å². The number of hydrogen-bond acceptors (Lipinski definition) is 3. The van der Waals surface area contributed by atoms with Gasteiger partial charge in [0.25, 0.3) is 0 Å². The van der Waals surface area contributed by atoms with Crippen LogP contribution in [0.1, 0.15) is 0 Å². The molecule has 0 aliphatic rings. The van der Waals surface area contributed by atoms with Crippen molar-refractivity contribution in [2.75, 3.05) is 0 Å². The van der Waals surface area contributed by atoms with Crippen LogP contribution in [0.2, 0.25) is 0 Å². The van der Waals surface area contributed by atoms with Gasteiger partial charge in [0.15, 0.2) is 0 Å². The minimum absolute atomic E-state index is 0.262. The molecule has 0 aliphatic heterocycles. The first-order valence-corrected chi connectivity index (χ1v) is 2.94. The van der Waals surface area contributed by atoms with Crippen LogP contribution >= 0.6 is 15.8 Å². The van der Waals surface area contributed by atoms with Crippen LogP contribution in [0.4, 0.5) is 0 Å². The summed E-state index contributed by atoms with van der Waals surface area (Å²) in [7, 11) is -0.525. The molecule has 0 aromatic carbocycles. The number of nitrogens with one attached hydrogen (secondary N) is 1. The second kappa shape index (κ2) is 5.98. The fourth-order valence-corrected chi connectivity index (χ4v) is 0.362. The first-order chi connectivity index (χ1) is 3.41. The van der Waals surface area contributed by atoms with Crippen LogP contribution in [-0.4, -0.2) is 0 Å². The van der Waals surface area contributed by atoms with Crippen molar-refractivity contribution in [2.45, 2.75) is 0 Å². The Hall–Kier alpha value is -0.0200. The summed E-state index contributed by atoms with van der Waals surface area (Å²) >= 11 is 0. The van der Waals surface area contributed by atoms with Crippen LogP contribution in [0.25, 0.3) is 0 Å². The molecule has 36 valence electrons. The average Bonchev–Trinajstić information content (AvgIpc) is 1.69. The van der Waals surface area contributed by atoms with Crippen molar-refractivity contribution >= 4 is 15.8 Å². The standard InChI is InChI=1S/C2HNO2P2/c4-6-1-3-2-7-5/h3H. The van der Waals surface area contributed by atoms with Crippen LogP contribution in [0.5, 0.6) is 0 Å². The Kier molecular flexibility index (Phi) is 5.96. The summed E-state index contributed by atoms with van der Waals surface area (Å²) in [5, 5.41) is 2.14. The molecule has 0 saturated heterocycles. The summed E-state index contributed by atoms with van der Waals surface area (Å²) in [6.07, 6.45) is 0. The first kappa shape index (κ1) is 6.98. The van der Waals surface area contributed by atoms with Gasteiger partial charge in [-0.1, -0.05) is 0 Å². The molecule has 0 aromatic rings. The zero-order valence-corrected chi connectivity index (χ0v) is 5.00. The summed E-state index contributed by atoms with van der Waals surface area (Å²) in [4.78, 5) is 0. The van der Waals surface area contributed by atoms with Gasteiger partial charge in [0, 0.05) is 0 Å². The van der Waals surface area contributed by atoms with Gasteiger partial charge >= 0.3 is 41.8 Å². The van der Waals surface area contributed by atoms with Gasteiger partial charge in [-0.15, -0.1) is 0 Å². The van der Waals surface area contributed by atoms with E-state index in [1.165, 1.54) is 0 Å². The SMILES string of the molecule is O=P#CNC#P=O. The molecule has 0 atom stereocenters. The van der Waals surface area contributed by atoms with E-state index in [1.54, 1.807) is 0 Å². The van der Waals surface area contributed by atoms with Gasteiger partial charge in [-0.25, -0.2) is 0 Å². The topological polar surface area (TPSA) is 46.2 Å². The Labute approximate surface area is 42.7 Å². The van der Waals surface area contributed by atoms with E-state index in [0.29, 0.717) is 0 Å². The number of hydrogen-bond donors (Lipinski definition) is 1. The molecule has 0 fully saturated rings. The van der Waals surface area contributed by atoms with E-state index >= 15 is 0 Å². The third-order valence-corrected chi connectivity index (χ3v) is 0.609. The Bertz CT molecular complexity index is 194. The van der Waals surface area contributed by atoms with Crippen LogP contribution in [0, 0.1) is 11.5 Å². The summed E-state index contributed by atoms with van der Waals surface area (Å²) < 4.78 is 18.9. The molecule has 0 amide bonds. The maximum absolute atomic E-state index is 9.46. The monoisotopic (exact) mass is 133 g/mol. The minimum atomic E-state index is -0.262. The fourth-order valence-electron chi connectivity index (χ4n) is 0.0706. The van der Waals surface area contributed by atoms with Crippen LogP contribution in [0.15, 0.2) is 0 Å². The molecule has 0 unspecified atom stereocenters. The normalized spacial score (nSPS) is 5.71. The quantitative estimate of drug-likeness (QED) is 0.396.